The molecule has 0 saturated carbocycles. The maximum Gasteiger partial charge on any atom is 0.416 e. The summed E-state index contributed by atoms with van der Waals surface area (Å²) in [4.78, 5) is 10.6. The number of amides is 2. The summed E-state index contributed by atoms with van der Waals surface area (Å²) in [5.41, 5.74) is 4.60. The molecule has 0 atom stereocenters. The normalized spacial score (nSPS) is 11.8. The van der Waals surface area contributed by atoms with Crippen LogP contribution in [-0.4, -0.2) is 24.3 Å². The number of urea groups is 1. The molecule has 2 amide bonds. The maximum atomic E-state index is 12.2. The van der Waals surface area contributed by atoms with Crippen LogP contribution in [0, 0.1) is 0 Å². The van der Waals surface area contributed by atoms with E-state index in [4.69, 9.17) is 5.73 Å². The van der Waals surface area contributed by atoms with Crippen LogP contribution < -0.4 is 5.73 Å². The van der Waals surface area contributed by atoms with Gasteiger partial charge in [-0.05, 0) is 17.7 Å². The van der Waals surface area contributed by atoms with Gasteiger partial charge in [0, 0.05) is 7.05 Å². The summed E-state index contributed by atoms with van der Waals surface area (Å²) in [6, 6.07) is 3.62. The highest BCUT2D eigenvalue weighted by atomic mass is 19.4. The number of alkyl halides is 3. The molecule has 0 bridgehead atoms. The van der Waals surface area contributed by atoms with E-state index in [9.17, 15) is 18.0 Å². The summed E-state index contributed by atoms with van der Waals surface area (Å²) < 4.78 is 36.7. The molecular weight excluding hydrogens is 235 g/mol. The van der Waals surface area contributed by atoms with E-state index in [-0.39, 0.29) is 0 Å². The first-order valence-electron chi connectivity index (χ1n) is 4.55. The largest absolute Gasteiger partial charge is 0.416 e. The molecule has 0 fully saturated rings. The van der Waals surface area contributed by atoms with Gasteiger partial charge in [0.05, 0.1) is 11.8 Å². The molecule has 1 aromatic rings. The number of hydrogen-bond donors (Lipinski definition) is 1. The second kappa shape index (κ2) is 4.86. The number of nitrogens with two attached hydrogens (primary N) is 1. The minimum Gasteiger partial charge on any atom is -0.350 e. The van der Waals surface area contributed by atoms with Crippen molar-refractivity contribution in [2.24, 2.45) is 10.8 Å². The van der Waals surface area contributed by atoms with E-state index in [1.54, 1.807) is 0 Å². The van der Waals surface area contributed by atoms with Crippen LogP contribution in [0.4, 0.5) is 18.0 Å². The lowest BCUT2D eigenvalue weighted by Gasteiger charge is -2.07. The summed E-state index contributed by atoms with van der Waals surface area (Å²) in [5, 5.41) is 4.51. The third kappa shape index (κ3) is 3.78. The minimum absolute atomic E-state index is 0.436. The van der Waals surface area contributed by atoms with Crippen molar-refractivity contribution in [3.63, 3.8) is 0 Å². The Morgan fingerprint density at radius 3 is 2.29 bits per heavy atom. The standard InChI is InChI=1S/C10H10F3N3O/c1-16(9(14)17)15-6-7-2-4-8(5-3-7)10(11,12)13/h2-6H,1H3,(H2,14,17)/b15-6-. The summed E-state index contributed by atoms with van der Waals surface area (Å²) in [6.45, 7) is 0. The maximum absolute atomic E-state index is 12.2. The highest BCUT2D eigenvalue weighted by Crippen LogP contribution is 2.28. The first-order valence-corrected chi connectivity index (χ1v) is 4.55. The van der Waals surface area contributed by atoms with Gasteiger partial charge in [0.2, 0.25) is 0 Å². The smallest absolute Gasteiger partial charge is 0.350 e. The number of hydrazone groups is 1. The summed E-state index contributed by atoms with van der Waals surface area (Å²) in [5.74, 6) is 0. The van der Waals surface area contributed by atoms with Crippen molar-refractivity contribution in [3.05, 3.63) is 35.4 Å². The Bertz CT molecular complexity index is 425. The molecule has 1 rings (SSSR count). The van der Waals surface area contributed by atoms with Gasteiger partial charge >= 0.3 is 12.2 Å². The SMILES string of the molecule is CN(/N=C\c1ccc(C(F)(F)F)cc1)C(N)=O. The van der Waals surface area contributed by atoms with Gasteiger partial charge in [-0.1, -0.05) is 12.1 Å². The van der Waals surface area contributed by atoms with Crippen molar-refractivity contribution in [2.75, 3.05) is 7.05 Å². The Kier molecular flexibility index (Phi) is 3.72. The monoisotopic (exact) mass is 245 g/mol. The van der Waals surface area contributed by atoms with Crippen LogP contribution in [0.1, 0.15) is 11.1 Å². The predicted molar refractivity (Wildman–Crippen MR) is 56.4 cm³/mol. The molecule has 4 nitrogen and oxygen atoms in total. The number of hydrogen-bond acceptors (Lipinski definition) is 2. The number of benzene rings is 1. The number of primary amides is 1. The Morgan fingerprint density at radius 2 is 1.88 bits per heavy atom. The topological polar surface area (TPSA) is 58.7 Å². The molecule has 0 heterocycles. The first-order chi connectivity index (χ1) is 7.80. The molecule has 0 aromatic heterocycles. The van der Waals surface area contributed by atoms with Gasteiger partial charge < -0.3 is 5.73 Å². The van der Waals surface area contributed by atoms with Crippen molar-refractivity contribution < 1.29 is 18.0 Å². The van der Waals surface area contributed by atoms with Crippen LogP contribution in [0.25, 0.3) is 0 Å². The molecule has 0 aliphatic heterocycles. The fourth-order valence-corrected chi connectivity index (χ4v) is 0.968. The first kappa shape index (κ1) is 13.0. The van der Waals surface area contributed by atoms with E-state index in [1.807, 2.05) is 0 Å². The molecule has 2 N–H and O–H groups in total. The molecule has 0 radical (unpaired) electrons. The predicted octanol–water partition coefficient (Wildman–Crippen LogP) is 2.05. The van der Waals surface area contributed by atoms with Crippen molar-refractivity contribution in [2.45, 2.75) is 6.18 Å². The van der Waals surface area contributed by atoms with Crippen LogP contribution in [0.3, 0.4) is 0 Å². The van der Waals surface area contributed by atoms with Crippen LogP contribution in [-0.2, 0) is 6.18 Å². The number of rotatable bonds is 2. The van der Waals surface area contributed by atoms with Crippen LogP contribution in [0.15, 0.2) is 29.4 Å². The molecule has 0 aliphatic carbocycles. The number of nitrogens with zero attached hydrogens (tertiary/aromatic N) is 2. The highest BCUT2D eigenvalue weighted by molar-refractivity contribution is 5.81. The lowest BCUT2D eigenvalue weighted by molar-refractivity contribution is -0.137. The van der Waals surface area contributed by atoms with Gasteiger partial charge in [-0.15, -0.1) is 0 Å². The van der Waals surface area contributed by atoms with E-state index < -0.39 is 17.8 Å². The van der Waals surface area contributed by atoms with E-state index in [1.165, 1.54) is 25.4 Å². The third-order valence-electron chi connectivity index (χ3n) is 1.94. The fourth-order valence-electron chi connectivity index (χ4n) is 0.968. The van der Waals surface area contributed by atoms with Crippen LogP contribution in [0.5, 0.6) is 0 Å². The van der Waals surface area contributed by atoms with Crippen molar-refractivity contribution in [1.82, 2.24) is 5.01 Å². The molecule has 0 unspecified atom stereocenters. The molecule has 17 heavy (non-hydrogen) atoms. The van der Waals surface area contributed by atoms with Crippen LogP contribution in [0.2, 0.25) is 0 Å². The Balaban J connectivity index is 2.79. The average molecular weight is 245 g/mol. The van der Waals surface area contributed by atoms with Gasteiger partial charge in [0.1, 0.15) is 0 Å². The lowest BCUT2D eigenvalue weighted by Crippen LogP contribution is -2.27. The molecule has 7 heteroatoms. The molecular formula is C10H10F3N3O. The minimum atomic E-state index is -4.36. The molecule has 1 aromatic carbocycles. The summed E-state index contributed by atoms with van der Waals surface area (Å²) in [7, 11) is 1.34. The van der Waals surface area contributed by atoms with Gasteiger partial charge in [0.25, 0.3) is 0 Å². The highest BCUT2D eigenvalue weighted by Gasteiger charge is 2.29. The van der Waals surface area contributed by atoms with E-state index >= 15 is 0 Å². The Hall–Kier alpha value is -2.05. The number of halogens is 3. The average Bonchev–Trinajstić information content (AvgIpc) is 2.25. The second-order valence-electron chi connectivity index (χ2n) is 3.23. The molecule has 0 saturated heterocycles. The van der Waals surface area contributed by atoms with Crippen molar-refractivity contribution in [3.8, 4) is 0 Å². The fraction of sp³-hybridized carbons (Fsp3) is 0.200. The molecule has 0 aliphatic rings. The van der Waals surface area contributed by atoms with Gasteiger partial charge in [-0.3, -0.25) is 0 Å². The van der Waals surface area contributed by atoms with Crippen molar-refractivity contribution in [1.29, 1.82) is 0 Å². The molecule has 92 valence electrons. The summed E-state index contributed by atoms with van der Waals surface area (Å²) >= 11 is 0. The molecule has 0 spiro atoms. The van der Waals surface area contributed by atoms with E-state index in [0.29, 0.717) is 5.56 Å². The zero-order valence-electron chi connectivity index (χ0n) is 8.90. The van der Waals surface area contributed by atoms with Gasteiger partial charge in [-0.2, -0.15) is 18.3 Å². The number of carbonyl (C=O) groups excluding carboxylic acids is 1. The quantitative estimate of drug-likeness (QED) is 0.629. The Morgan fingerprint density at radius 1 is 1.35 bits per heavy atom. The summed E-state index contributed by atoms with van der Waals surface area (Å²) in [6.07, 6.45) is -3.12. The van der Waals surface area contributed by atoms with Crippen LogP contribution >= 0.6 is 0 Å². The Labute approximate surface area is 95.5 Å². The number of carbonyl (C=O) groups is 1. The zero-order chi connectivity index (χ0) is 13.1. The second-order valence-corrected chi connectivity index (χ2v) is 3.23. The van der Waals surface area contributed by atoms with Gasteiger partial charge in [0.15, 0.2) is 0 Å². The lowest BCUT2D eigenvalue weighted by atomic mass is 10.1. The third-order valence-corrected chi connectivity index (χ3v) is 1.94. The zero-order valence-corrected chi connectivity index (χ0v) is 8.90. The van der Waals surface area contributed by atoms with Crippen molar-refractivity contribution >= 4 is 12.2 Å². The van der Waals surface area contributed by atoms with E-state index in [2.05, 4.69) is 5.10 Å². The van der Waals surface area contributed by atoms with Gasteiger partial charge in [-0.25, -0.2) is 9.80 Å². The van der Waals surface area contributed by atoms with E-state index in [0.717, 1.165) is 17.1 Å².